The standard InChI is InChI=1S/C18H24N4O/c1-2-20-9-11-21(12-10-20)18(23)14-6-7-15-16(13-14)22-8-4-3-5-17(22)19-15/h3-5,8,14H,2,6-7,9-13H2,1H3. The molecule has 1 aliphatic carbocycles. The van der Waals surface area contributed by atoms with Crippen LogP contribution in [0, 0.1) is 5.92 Å². The first kappa shape index (κ1) is 14.7. The zero-order valence-electron chi connectivity index (χ0n) is 13.7. The number of carbonyl (C=O) groups is 1. The van der Waals surface area contributed by atoms with Crippen LogP contribution in [0.25, 0.3) is 5.65 Å². The second-order valence-electron chi connectivity index (χ2n) is 6.63. The van der Waals surface area contributed by atoms with Gasteiger partial charge in [0.2, 0.25) is 5.91 Å². The van der Waals surface area contributed by atoms with Crippen LogP contribution >= 0.6 is 0 Å². The van der Waals surface area contributed by atoms with E-state index in [0.29, 0.717) is 5.91 Å². The van der Waals surface area contributed by atoms with Crippen LogP contribution in [0.2, 0.25) is 0 Å². The molecule has 2 aromatic rings. The van der Waals surface area contributed by atoms with Crippen molar-refractivity contribution in [1.82, 2.24) is 19.2 Å². The summed E-state index contributed by atoms with van der Waals surface area (Å²) in [4.78, 5) is 22.1. The summed E-state index contributed by atoms with van der Waals surface area (Å²) in [5.41, 5.74) is 3.41. The predicted molar refractivity (Wildman–Crippen MR) is 89.4 cm³/mol. The summed E-state index contributed by atoms with van der Waals surface area (Å²) >= 11 is 0. The number of nitrogens with zero attached hydrogens (tertiary/aromatic N) is 4. The highest BCUT2D eigenvalue weighted by molar-refractivity contribution is 5.79. The topological polar surface area (TPSA) is 40.8 Å². The van der Waals surface area contributed by atoms with E-state index in [-0.39, 0.29) is 5.92 Å². The summed E-state index contributed by atoms with van der Waals surface area (Å²) in [5, 5.41) is 0. The highest BCUT2D eigenvalue weighted by Crippen LogP contribution is 2.27. The lowest BCUT2D eigenvalue weighted by atomic mass is 9.88. The lowest BCUT2D eigenvalue weighted by molar-refractivity contribution is -0.137. The number of aromatic nitrogens is 2. The number of hydrogen-bond acceptors (Lipinski definition) is 3. The number of piperazine rings is 1. The van der Waals surface area contributed by atoms with E-state index >= 15 is 0 Å². The second-order valence-corrected chi connectivity index (χ2v) is 6.63. The van der Waals surface area contributed by atoms with Gasteiger partial charge in [-0.3, -0.25) is 4.79 Å². The number of amides is 1. The molecule has 0 radical (unpaired) electrons. The van der Waals surface area contributed by atoms with Crippen LogP contribution in [0.1, 0.15) is 24.7 Å². The number of aryl methyl sites for hydroxylation is 1. The van der Waals surface area contributed by atoms with Crippen LogP contribution in [0.15, 0.2) is 24.4 Å². The summed E-state index contributed by atoms with van der Waals surface area (Å²) in [7, 11) is 0. The summed E-state index contributed by atoms with van der Waals surface area (Å²) in [6.45, 7) is 7.04. The van der Waals surface area contributed by atoms with Gasteiger partial charge >= 0.3 is 0 Å². The van der Waals surface area contributed by atoms with Crippen LogP contribution in [0.4, 0.5) is 0 Å². The molecule has 1 atom stereocenters. The smallest absolute Gasteiger partial charge is 0.226 e. The molecule has 4 rings (SSSR count). The van der Waals surface area contributed by atoms with E-state index in [1.807, 2.05) is 18.2 Å². The number of carbonyl (C=O) groups excluding carboxylic acids is 1. The lowest BCUT2D eigenvalue weighted by Crippen LogP contribution is -2.50. The molecule has 122 valence electrons. The first-order valence-electron chi connectivity index (χ1n) is 8.72. The van der Waals surface area contributed by atoms with E-state index in [1.54, 1.807) is 0 Å². The average molecular weight is 312 g/mol. The number of fused-ring (bicyclic) bond motifs is 3. The molecular weight excluding hydrogens is 288 g/mol. The van der Waals surface area contributed by atoms with Crippen LogP contribution < -0.4 is 0 Å². The summed E-state index contributed by atoms with van der Waals surface area (Å²) in [6, 6.07) is 6.09. The Hall–Kier alpha value is -1.88. The minimum Gasteiger partial charge on any atom is -0.340 e. The maximum absolute atomic E-state index is 12.9. The van der Waals surface area contributed by atoms with Crippen molar-refractivity contribution in [3.8, 4) is 0 Å². The monoisotopic (exact) mass is 312 g/mol. The Morgan fingerprint density at radius 2 is 2.09 bits per heavy atom. The molecule has 1 amide bonds. The van der Waals surface area contributed by atoms with Gasteiger partial charge in [0.1, 0.15) is 5.65 Å². The number of hydrogen-bond donors (Lipinski definition) is 0. The minimum absolute atomic E-state index is 0.121. The van der Waals surface area contributed by atoms with E-state index in [9.17, 15) is 4.79 Å². The van der Waals surface area contributed by atoms with Gasteiger partial charge in [-0.2, -0.15) is 0 Å². The normalized spacial score (nSPS) is 22.3. The molecule has 23 heavy (non-hydrogen) atoms. The van der Waals surface area contributed by atoms with Crippen molar-refractivity contribution in [2.45, 2.75) is 26.2 Å². The van der Waals surface area contributed by atoms with Gasteiger partial charge in [0.05, 0.1) is 5.69 Å². The Bertz CT molecular complexity index is 715. The van der Waals surface area contributed by atoms with Crippen molar-refractivity contribution in [1.29, 1.82) is 0 Å². The van der Waals surface area contributed by atoms with E-state index in [0.717, 1.165) is 57.6 Å². The Morgan fingerprint density at radius 1 is 1.26 bits per heavy atom. The van der Waals surface area contributed by atoms with Gasteiger partial charge in [0.15, 0.2) is 0 Å². The lowest BCUT2D eigenvalue weighted by Gasteiger charge is -2.36. The third kappa shape index (κ3) is 2.63. The van der Waals surface area contributed by atoms with Crippen LogP contribution in [0.3, 0.4) is 0 Å². The van der Waals surface area contributed by atoms with Crippen molar-refractivity contribution in [2.24, 2.45) is 5.92 Å². The fourth-order valence-electron chi connectivity index (χ4n) is 3.91. The summed E-state index contributed by atoms with van der Waals surface area (Å²) in [5.74, 6) is 0.466. The molecule has 2 aromatic heterocycles. The number of likely N-dealkylation sites (N-methyl/N-ethyl adjacent to an activating group) is 1. The van der Waals surface area contributed by atoms with Crippen molar-refractivity contribution < 1.29 is 4.79 Å². The highest BCUT2D eigenvalue weighted by Gasteiger charge is 2.32. The van der Waals surface area contributed by atoms with Crippen molar-refractivity contribution in [2.75, 3.05) is 32.7 Å². The van der Waals surface area contributed by atoms with Gasteiger partial charge in [-0.15, -0.1) is 0 Å². The molecule has 5 nitrogen and oxygen atoms in total. The zero-order valence-corrected chi connectivity index (χ0v) is 13.7. The Balaban J connectivity index is 1.50. The first-order valence-corrected chi connectivity index (χ1v) is 8.72. The molecule has 1 saturated heterocycles. The Morgan fingerprint density at radius 3 is 2.87 bits per heavy atom. The Kier molecular flexibility index (Phi) is 3.81. The van der Waals surface area contributed by atoms with Crippen molar-refractivity contribution in [3.05, 3.63) is 35.8 Å². The predicted octanol–water partition coefficient (Wildman–Crippen LogP) is 1.60. The molecule has 1 unspecified atom stereocenters. The van der Waals surface area contributed by atoms with Gasteiger partial charge in [-0.25, -0.2) is 4.98 Å². The molecule has 5 heteroatoms. The summed E-state index contributed by atoms with van der Waals surface area (Å²) in [6.07, 6.45) is 4.74. The van der Waals surface area contributed by atoms with Crippen molar-refractivity contribution >= 4 is 11.6 Å². The van der Waals surface area contributed by atoms with E-state index in [4.69, 9.17) is 4.98 Å². The van der Waals surface area contributed by atoms with Gasteiger partial charge in [0, 0.05) is 50.4 Å². The molecule has 1 aliphatic heterocycles. The molecule has 0 N–H and O–H groups in total. The van der Waals surface area contributed by atoms with Gasteiger partial charge < -0.3 is 14.2 Å². The highest BCUT2D eigenvalue weighted by atomic mass is 16.2. The van der Waals surface area contributed by atoms with E-state index in [2.05, 4.69) is 27.3 Å². The quantitative estimate of drug-likeness (QED) is 0.846. The van der Waals surface area contributed by atoms with Crippen molar-refractivity contribution in [3.63, 3.8) is 0 Å². The van der Waals surface area contributed by atoms with Gasteiger partial charge in [-0.05, 0) is 31.5 Å². The zero-order chi connectivity index (χ0) is 15.8. The number of rotatable bonds is 2. The molecule has 0 bridgehead atoms. The summed E-state index contributed by atoms with van der Waals surface area (Å²) < 4.78 is 2.16. The van der Waals surface area contributed by atoms with E-state index < -0.39 is 0 Å². The van der Waals surface area contributed by atoms with E-state index in [1.165, 1.54) is 11.4 Å². The number of pyridine rings is 1. The van der Waals surface area contributed by atoms with Gasteiger partial charge in [-0.1, -0.05) is 13.0 Å². The maximum atomic E-state index is 12.9. The van der Waals surface area contributed by atoms with Crippen LogP contribution in [-0.4, -0.2) is 57.8 Å². The molecule has 3 heterocycles. The first-order chi connectivity index (χ1) is 11.3. The molecular formula is C18H24N4O. The molecule has 0 spiro atoms. The third-order valence-corrected chi connectivity index (χ3v) is 5.36. The minimum atomic E-state index is 0.121. The molecule has 0 aromatic carbocycles. The van der Waals surface area contributed by atoms with Crippen LogP contribution in [0.5, 0.6) is 0 Å². The fraction of sp³-hybridized carbons (Fsp3) is 0.556. The molecule has 0 saturated carbocycles. The average Bonchev–Trinajstić information content (AvgIpc) is 2.99. The maximum Gasteiger partial charge on any atom is 0.226 e. The second kappa shape index (κ2) is 5.96. The van der Waals surface area contributed by atoms with Crippen LogP contribution in [-0.2, 0) is 17.6 Å². The molecule has 1 fully saturated rings. The largest absolute Gasteiger partial charge is 0.340 e. The SMILES string of the molecule is CCN1CCN(C(=O)C2CCc3nc4ccccn4c3C2)CC1. The Labute approximate surface area is 136 Å². The van der Waals surface area contributed by atoms with Gasteiger partial charge in [0.25, 0.3) is 0 Å². The third-order valence-electron chi connectivity index (χ3n) is 5.36. The fourth-order valence-corrected chi connectivity index (χ4v) is 3.91. The molecule has 2 aliphatic rings. The number of imidazole rings is 1.